The Bertz CT molecular complexity index is 1830. The molecule has 2 amide bonds. The second-order valence-electron chi connectivity index (χ2n) is 12.4. The molecule has 4 N–H and O–H groups in total. The summed E-state index contributed by atoms with van der Waals surface area (Å²) < 4.78 is 0. The van der Waals surface area contributed by atoms with Crippen LogP contribution in [0.1, 0.15) is 33.6 Å². The first-order chi connectivity index (χ1) is 22.4. The predicted octanol–water partition coefficient (Wildman–Crippen LogP) is 5.44. The number of benzene rings is 4. The molecule has 0 saturated carbocycles. The van der Waals surface area contributed by atoms with Gasteiger partial charge in [-0.05, 0) is 73.2 Å². The topological polar surface area (TPSA) is 121 Å². The Balaban J connectivity index is 1.33. The number of H-pyrrole nitrogens is 2. The van der Waals surface area contributed by atoms with E-state index in [1.54, 1.807) is 9.80 Å². The van der Waals surface area contributed by atoms with E-state index in [9.17, 15) is 10.2 Å². The van der Waals surface area contributed by atoms with Crippen molar-refractivity contribution in [2.45, 2.75) is 64.1 Å². The molecule has 4 aromatic carbocycles. The molecule has 0 radical (unpaired) electrons. The highest BCUT2D eigenvalue weighted by Gasteiger charge is 2.46. The first-order valence-electron chi connectivity index (χ1n) is 15.7. The van der Waals surface area contributed by atoms with Crippen LogP contribution in [0.2, 0.25) is 0 Å². The van der Waals surface area contributed by atoms with Crippen LogP contribution in [0.5, 0.6) is 0 Å². The molecule has 3 heterocycles. The Morgan fingerprint density at radius 1 is 0.609 bits per heavy atom. The zero-order valence-electron chi connectivity index (χ0n) is 26.0. The number of nitrogens with one attached hydrogen (secondary N) is 2. The Morgan fingerprint density at radius 2 is 1.02 bits per heavy atom. The average Bonchev–Trinajstić information content (AvgIpc) is 3.63. The Labute approximate surface area is 267 Å². The van der Waals surface area contributed by atoms with Crippen LogP contribution in [0.3, 0.4) is 0 Å². The van der Waals surface area contributed by atoms with Gasteiger partial charge in [0.15, 0.2) is 0 Å². The minimum Gasteiger partial charge on any atom is -0.388 e. The van der Waals surface area contributed by atoms with E-state index >= 15 is 4.79 Å². The molecule has 234 valence electrons. The van der Waals surface area contributed by atoms with Crippen LogP contribution in [-0.2, 0) is 25.9 Å². The van der Waals surface area contributed by atoms with Gasteiger partial charge in [0.25, 0.3) is 0 Å². The predicted molar refractivity (Wildman–Crippen MR) is 178 cm³/mol. The zero-order valence-corrected chi connectivity index (χ0v) is 26.0. The van der Waals surface area contributed by atoms with Gasteiger partial charge in [0, 0.05) is 35.2 Å². The number of aryl methyl sites for hydroxylation is 2. The van der Waals surface area contributed by atoms with E-state index in [1.807, 2.05) is 98.8 Å². The van der Waals surface area contributed by atoms with Crippen LogP contribution in [0, 0.1) is 13.8 Å². The molecule has 2 aromatic heterocycles. The quantitative estimate of drug-likeness (QED) is 0.182. The van der Waals surface area contributed by atoms with Gasteiger partial charge in [-0.15, -0.1) is 0 Å². The Hall–Kier alpha value is -4.99. The van der Waals surface area contributed by atoms with Crippen molar-refractivity contribution >= 4 is 27.8 Å². The normalized spacial score (nSPS) is 20.5. The van der Waals surface area contributed by atoms with Gasteiger partial charge in [0.2, 0.25) is 0 Å². The number of aliphatic hydroxyl groups excluding tert-OH is 2. The minimum atomic E-state index is -1.19. The molecule has 0 bridgehead atoms. The first-order valence-corrected chi connectivity index (χ1v) is 15.7. The number of fused-ring (bicyclic) bond motifs is 2. The Kier molecular flexibility index (Phi) is 8.02. The van der Waals surface area contributed by atoms with Crippen molar-refractivity contribution in [1.82, 2.24) is 30.2 Å². The van der Waals surface area contributed by atoms with E-state index in [-0.39, 0.29) is 19.1 Å². The number of hydrogen-bond donors (Lipinski definition) is 4. The minimum absolute atomic E-state index is 0.231. The molecule has 0 unspecified atom stereocenters. The number of amides is 2. The maximum atomic E-state index is 15.0. The average molecular weight is 615 g/mol. The number of carbonyl (C=O) groups is 1. The summed E-state index contributed by atoms with van der Waals surface area (Å²) in [7, 11) is 0. The summed E-state index contributed by atoms with van der Waals surface area (Å²) in [6.07, 6.45) is -1.60. The molecule has 4 atom stereocenters. The van der Waals surface area contributed by atoms with Crippen molar-refractivity contribution in [3.63, 3.8) is 0 Å². The summed E-state index contributed by atoms with van der Waals surface area (Å²) in [6.45, 7) is 4.47. The lowest BCUT2D eigenvalue weighted by Gasteiger charge is -2.36. The van der Waals surface area contributed by atoms with Crippen LogP contribution in [0.25, 0.3) is 21.8 Å². The number of aliphatic hydroxyl groups is 2. The van der Waals surface area contributed by atoms with Crippen LogP contribution >= 0.6 is 0 Å². The lowest BCUT2D eigenvalue weighted by atomic mass is 9.91. The van der Waals surface area contributed by atoms with Crippen LogP contribution < -0.4 is 0 Å². The smallest absolute Gasteiger partial charge is 0.321 e. The fourth-order valence-electron chi connectivity index (χ4n) is 6.78. The van der Waals surface area contributed by atoms with Gasteiger partial charge < -0.3 is 20.0 Å². The third kappa shape index (κ3) is 5.75. The van der Waals surface area contributed by atoms with E-state index in [2.05, 4.69) is 32.5 Å². The molecule has 1 fully saturated rings. The number of nitrogens with zero attached hydrogens (tertiary/aromatic N) is 4. The van der Waals surface area contributed by atoms with Gasteiger partial charge in [-0.25, -0.2) is 4.79 Å². The summed E-state index contributed by atoms with van der Waals surface area (Å²) >= 11 is 0. The van der Waals surface area contributed by atoms with E-state index < -0.39 is 24.3 Å². The summed E-state index contributed by atoms with van der Waals surface area (Å²) in [5, 5.41) is 40.8. The number of hydrogen-bond acceptors (Lipinski definition) is 5. The lowest BCUT2D eigenvalue weighted by Crippen LogP contribution is -2.50. The summed E-state index contributed by atoms with van der Waals surface area (Å²) in [5.41, 5.74) is 7.40. The van der Waals surface area contributed by atoms with Crippen molar-refractivity contribution in [2.24, 2.45) is 0 Å². The molecule has 46 heavy (non-hydrogen) atoms. The maximum absolute atomic E-state index is 15.0. The lowest BCUT2D eigenvalue weighted by molar-refractivity contribution is -0.0408. The zero-order chi connectivity index (χ0) is 31.8. The molecular formula is C37H38N6O3. The van der Waals surface area contributed by atoms with Crippen LogP contribution in [0.15, 0.2) is 97.1 Å². The molecule has 1 saturated heterocycles. The van der Waals surface area contributed by atoms with Crippen molar-refractivity contribution in [1.29, 1.82) is 0 Å². The van der Waals surface area contributed by atoms with Gasteiger partial charge in [-0.1, -0.05) is 72.8 Å². The number of rotatable bonds is 8. The van der Waals surface area contributed by atoms with Crippen LogP contribution in [0.4, 0.5) is 4.79 Å². The van der Waals surface area contributed by atoms with Gasteiger partial charge in [0.1, 0.15) is 12.2 Å². The van der Waals surface area contributed by atoms with E-state index in [4.69, 9.17) is 0 Å². The van der Waals surface area contributed by atoms with E-state index in [1.165, 1.54) is 0 Å². The monoisotopic (exact) mass is 614 g/mol. The van der Waals surface area contributed by atoms with Gasteiger partial charge in [0.05, 0.1) is 23.1 Å². The number of aromatic amines is 2. The number of aromatic nitrogens is 4. The number of carbonyl (C=O) groups excluding carboxylic acids is 1. The highest BCUT2D eigenvalue weighted by atomic mass is 16.3. The van der Waals surface area contributed by atoms with Gasteiger partial charge >= 0.3 is 6.03 Å². The summed E-state index contributed by atoms with van der Waals surface area (Å²) in [4.78, 5) is 18.5. The standard InChI is InChI=1S/C37H38N6O3/c1-23-29-17-27(13-15-31(29)40-38-23)21-42-33(19-25-9-5-3-6-10-25)35(44)36(45)34(20-26-11-7-4-8-12-26)43(37(42)46)22-28-14-16-32-30(18-28)24(2)39-41-32/h3-18,33-36,44-45H,19-22H2,1-2H3,(H,38,40)(H,39,41)/t33-,34-,35+,36+/m1/s1. The second-order valence-corrected chi connectivity index (χ2v) is 12.4. The van der Waals surface area contributed by atoms with Gasteiger partial charge in [-0.2, -0.15) is 10.2 Å². The second kappa shape index (κ2) is 12.4. The molecule has 0 aliphatic carbocycles. The summed E-state index contributed by atoms with van der Waals surface area (Å²) in [5.74, 6) is 0. The molecule has 1 aliphatic rings. The third-order valence-electron chi connectivity index (χ3n) is 9.33. The third-order valence-corrected chi connectivity index (χ3v) is 9.33. The maximum Gasteiger partial charge on any atom is 0.321 e. The SMILES string of the molecule is Cc1[nH]nc2ccc(CN3C(=O)N(Cc4ccc5n[nH]c(C)c5c4)[C@H](Cc4ccccc4)[C@H](O)[C@@H](O)[C@H]3Cc3ccccc3)cc12. The van der Waals surface area contributed by atoms with Gasteiger partial charge in [-0.3, -0.25) is 10.2 Å². The molecule has 9 heteroatoms. The van der Waals surface area contributed by atoms with Crippen molar-refractivity contribution in [2.75, 3.05) is 0 Å². The molecule has 0 spiro atoms. The van der Waals surface area contributed by atoms with E-state index in [0.717, 1.165) is 55.4 Å². The van der Waals surface area contributed by atoms with E-state index in [0.29, 0.717) is 12.8 Å². The fourth-order valence-corrected chi connectivity index (χ4v) is 6.78. The first kappa shape index (κ1) is 29.7. The fraction of sp³-hybridized carbons (Fsp3) is 0.270. The highest BCUT2D eigenvalue weighted by molar-refractivity contribution is 5.83. The van der Waals surface area contributed by atoms with Crippen molar-refractivity contribution in [3.05, 3.63) is 131 Å². The molecule has 6 aromatic rings. The number of urea groups is 1. The Morgan fingerprint density at radius 3 is 1.43 bits per heavy atom. The molecule has 7 rings (SSSR count). The highest BCUT2D eigenvalue weighted by Crippen LogP contribution is 2.31. The van der Waals surface area contributed by atoms with Crippen molar-refractivity contribution in [3.8, 4) is 0 Å². The molecule has 1 aliphatic heterocycles. The largest absolute Gasteiger partial charge is 0.388 e. The molecule has 9 nitrogen and oxygen atoms in total. The van der Waals surface area contributed by atoms with Crippen molar-refractivity contribution < 1.29 is 15.0 Å². The summed E-state index contributed by atoms with van der Waals surface area (Å²) in [6, 6.07) is 30.1. The molecular weight excluding hydrogens is 576 g/mol. The van der Waals surface area contributed by atoms with Crippen LogP contribution in [-0.4, -0.2) is 70.7 Å².